The number of aromatic nitrogens is 2. The summed E-state index contributed by atoms with van der Waals surface area (Å²) in [7, 11) is 0. The van der Waals surface area contributed by atoms with Gasteiger partial charge in [0.1, 0.15) is 0 Å². The highest BCUT2D eigenvalue weighted by Gasteiger charge is 2.24. The predicted octanol–water partition coefficient (Wildman–Crippen LogP) is 4.59. The number of rotatable bonds is 3. The first-order valence-corrected chi connectivity index (χ1v) is 12.0. The van der Waals surface area contributed by atoms with Gasteiger partial charge in [0.2, 0.25) is 0 Å². The molecule has 0 bridgehead atoms. The van der Waals surface area contributed by atoms with Gasteiger partial charge in [0.05, 0.1) is 25.9 Å². The average molecular weight is 427 g/mol. The molecule has 28 heavy (non-hydrogen) atoms. The molecular formula is C20H18N4OS3. The van der Waals surface area contributed by atoms with E-state index in [1.54, 1.807) is 34.4 Å². The van der Waals surface area contributed by atoms with Crippen LogP contribution in [0.5, 0.6) is 0 Å². The fourth-order valence-electron chi connectivity index (χ4n) is 3.48. The maximum Gasteiger partial charge on any atom is 0.254 e. The molecule has 8 heteroatoms. The van der Waals surface area contributed by atoms with Crippen LogP contribution in [0.3, 0.4) is 0 Å². The number of hydrogen-bond donors (Lipinski definition) is 0. The molecule has 1 aliphatic heterocycles. The molecule has 0 N–H and O–H groups in total. The standard InChI is InChI=1S/C20H18N4OS3/c1-26-15-3-2-4-16-18(15)22-20(28-16)24-9-7-23(8-10-24)19(25)13-5-6-14-17(11-13)27-12-21-14/h2-6,11-12H,7-10H2,1H3. The maximum atomic E-state index is 12.9. The van der Waals surface area contributed by atoms with Gasteiger partial charge in [-0.05, 0) is 36.6 Å². The molecular weight excluding hydrogens is 408 g/mol. The van der Waals surface area contributed by atoms with E-state index in [4.69, 9.17) is 4.98 Å². The van der Waals surface area contributed by atoms with Gasteiger partial charge in [-0.1, -0.05) is 17.4 Å². The van der Waals surface area contributed by atoms with Crippen molar-refractivity contribution in [2.45, 2.75) is 4.90 Å². The smallest absolute Gasteiger partial charge is 0.254 e. The van der Waals surface area contributed by atoms with Gasteiger partial charge in [-0.3, -0.25) is 4.79 Å². The van der Waals surface area contributed by atoms with Crippen molar-refractivity contribution in [2.75, 3.05) is 37.3 Å². The number of carbonyl (C=O) groups excluding carboxylic acids is 1. The highest BCUT2D eigenvalue weighted by Crippen LogP contribution is 2.34. The summed E-state index contributed by atoms with van der Waals surface area (Å²) < 4.78 is 2.28. The van der Waals surface area contributed by atoms with Crippen molar-refractivity contribution in [3.05, 3.63) is 47.5 Å². The van der Waals surface area contributed by atoms with Gasteiger partial charge in [-0.2, -0.15) is 0 Å². The van der Waals surface area contributed by atoms with Crippen LogP contribution in [0, 0.1) is 0 Å². The van der Waals surface area contributed by atoms with E-state index in [0.29, 0.717) is 13.1 Å². The summed E-state index contributed by atoms with van der Waals surface area (Å²) in [6.07, 6.45) is 2.09. The number of benzene rings is 2. The number of hydrogen-bond acceptors (Lipinski definition) is 7. The molecule has 1 saturated heterocycles. The monoisotopic (exact) mass is 426 g/mol. The first kappa shape index (κ1) is 17.9. The zero-order valence-electron chi connectivity index (χ0n) is 15.3. The largest absolute Gasteiger partial charge is 0.345 e. The molecule has 0 radical (unpaired) electrons. The van der Waals surface area contributed by atoms with Crippen molar-refractivity contribution in [3.8, 4) is 0 Å². The summed E-state index contributed by atoms with van der Waals surface area (Å²) in [4.78, 5) is 27.5. The summed E-state index contributed by atoms with van der Waals surface area (Å²) in [5.74, 6) is 0.101. The number of para-hydroxylation sites is 1. The second kappa shape index (κ2) is 7.35. The Morgan fingerprint density at radius 3 is 2.79 bits per heavy atom. The third-order valence-corrected chi connectivity index (χ3v) is 7.65. The van der Waals surface area contributed by atoms with Crippen molar-refractivity contribution in [1.29, 1.82) is 0 Å². The van der Waals surface area contributed by atoms with Crippen LogP contribution >= 0.6 is 34.4 Å². The summed E-state index contributed by atoms with van der Waals surface area (Å²) in [6.45, 7) is 3.04. The molecule has 0 aliphatic carbocycles. The fourth-order valence-corrected chi connectivity index (χ4v) is 5.87. The molecule has 0 saturated carbocycles. The Hall–Kier alpha value is -2.16. The number of carbonyl (C=O) groups is 1. The van der Waals surface area contributed by atoms with E-state index in [0.717, 1.165) is 39.5 Å². The van der Waals surface area contributed by atoms with E-state index in [1.165, 1.54) is 9.60 Å². The number of fused-ring (bicyclic) bond motifs is 2. The highest BCUT2D eigenvalue weighted by molar-refractivity contribution is 7.98. The number of thioether (sulfide) groups is 1. The van der Waals surface area contributed by atoms with Crippen molar-refractivity contribution in [1.82, 2.24) is 14.9 Å². The SMILES string of the molecule is CSc1cccc2sc(N3CCN(C(=O)c4ccc5ncsc5c4)CC3)nc12. The van der Waals surface area contributed by atoms with Crippen LogP contribution in [0.15, 0.2) is 46.8 Å². The second-order valence-corrected chi connectivity index (χ2v) is 9.36. The lowest BCUT2D eigenvalue weighted by atomic mass is 10.1. The van der Waals surface area contributed by atoms with E-state index in [9.17, 15) is 4.79 Å². The molecule has 1 aliphatic rings. The Morgan fingerprint density at radius 2 is 1.96 bits per heavy atom. The average Bonchev–Trinajstić information content (AvgIpc) is 3.39. The summed E-state index contributed by atoms with van der Waals surface area (Å²) in [5, 5.41) is 1.05. The Kier molecular flexibility index (Phi) is 4.70. The molecule has 4 aromatic rings. The van der Waals surface area contributed by atoms with Crippen LogP contribution < -0.4 is 4.90 Å². The topological polar surface area (TPSA) is 49.3 Å². The molecule has 5 rings (SSSR count). The van der Waals surface area contributed by atoms with Gasteiger partial charge >= 0.3 is 0 Å². The molecule has 1 amide bonds. The van der Waals surface area contributed by atoms with E-state index < -0.39 is 0 Å². The van der Waals surface area contributed by atoms with Crippen molar-refractivity contribution < 1.29 is 4.79 Å². The van der Waals surface area contributed by atoms with Gasteiger partial charge in [-0.15, -0.1) is 23.1 Å². The van der Waals surface area contributed by atoms with E-state index in [2.05, 4.69) is 34.3 Å². The van der Waals surface area contributed by atoms with Gasteiger partial charge in [0.25, 0.3) is 5.91 Å². The van der Waals surface area contributed by atoms with Gasteiger partial charge < -0.3 is 9.80 Å². The minimum atomic E-state index is 0.101. The number of thiazole rings is 2. The van der Waals surface area contributed by atoms with Gasteiger partial charge in [0.15, 0.2) is 5.13 Å². The van der Waals surface area contributed by atoms with Gasteiger partial charge in [0, 0.05) is 36.6 Å². The summed E-state index contributed by atoms with van der Waals surface area (Å²) in [5.41, 5.74) is 4.60. The summed E-state index contributed by atoms with van der Waals surface area (Å²) in [6, 6.07) is 12.1. The van der Waals surface area contributed by atoms with Crippen molar-refractivity contribution >= 4 is 65.9 Å². The lowest BCUT2D eigenvalue weighted by Gasteiger charge is -2.34. The Labute approximate surface area is 175 Å². The lowest BCUT2D eigenvalue weighted by Crippen LogP contribution is -2.48. The molecule has 2 aromatic heterocycles. The Morgan fingerprint density at radius 1 is 1.11 bits per heavy atom. The Bertz CT molecular complexity index is 1160. The van der Waals surface area contributed by atoms with Crippen LogP contribution in [0.2, 0.25) is 0 Å². The zero-order valence-corrected chi connectivity index (χ0v) is 17.7. The number of anilines is 1. The molecule has 2 aromatic carbocycles. The predicted molar refractivity (Wildman–Crippen MR) is 119 cm³/mol. The van der Waals surface area contributed by atoms with E-state index in [-0.39, 0.29) is 5.91 Å². The summed E-state index contributed by atoms with van der Waals surface area (Å²) >= 11 is 5.03. The fraction of sp³-hybridized carbons (Fsp3) is 0.250. The molecule has 0 atom stereocenters. The van der Waals surface area contributed by atoms with Crippen molar-refractivity contribution in [2.24, 2.45) is 0 Å². The van der Waals surface area contributed by atoms with Crippen LogP contribution in [0.25, 0.3) is 20.4 Å². The van der Waals surface area contributed by atoms with E-state index in [1.807, 2.05) is 28.6 Å². The third-order valence-electron chi connectivity index (χ3n) is 5.01. The molecule has 1 fully saturated rings. The number of amides is 1. The van der Waals surface area contributed by atoms with Crippen molar-refractivity contribution in [3.63, 3.8) is 0 Å². The third kappa shape index (κ3) is 3.15. The quantitative estimate of drug-likeness (QED) is 0.449. The van der Waals surface area contributed by atoms with Crippen LogP contribution in [-0.2, 0) is 0 Å². The lowest BCUT2D eigenvalue weighted by molar-refractivity contribution is 0.0747. The minimum absolute atomic E-state index is 0.101. The van der Waals surface area contributed by atoms with Gasteiger partial charge in [-0.25, -0.2) is 9.97 Å². The van der Waals surface area contributed by atoms with Crippen LogP contribution in [-0.4, -0.2) is 53.2 Å². The number of nitrogens with zero attached hydrogens (tertiary/aromatic N) is 4. The molecule has 0 unspecified atom stereocenters. The Balaban J connectivity index is 1.31. The molecule has 0 spiro atoms. The normalized spacial score (nSPS) is 14.9. The van der Waals surface area contributed by atoms with Crippen LogP contribution in [0.1, 0.15) is 10.4 Å². The number of piperazine rings is 1. The first-order chi connectivity index (χ1) is 13.7. The first-order valence-electron chi connectivity index (χ1n) is 9.04. The maximum absolute atomic E-state index is 12.9. The van der Waals surface area contributed by atoms with Crippen LogP contribution in [0.4, 0.5) is 5.13 Å². The second-order valence-electron chi connectivity index (χ2n) is 6.62. The molecule has 5 nitrogen and oxygen atoms in total. The zero-order chi connectivity index (χ0) is 19.1. The molecule has 142 valence electrons. The molecule has 3 heterocycles. The van der Waals surface area contributed by atoms with E-state index >= 15 is 0 Å². The minimum Gasteiger partial charge on any atom is -0.345 e. The highest BCUT2D eigenvalue weighted by atomic mass is 32.2.